The Balaban J connectivity index is 1.51. The van der Waals surface area contributed by atoms with Crippen molar-refractivity contribution in [1.29, 1.82) is 0 Å². The summed E-state index contributed by atoms with van der Waals surface area (Å²) >= 11 is 5.29. The normalized spacial score (nSPS) is 10.8. The van der Waals surface area contributed by atoms with E-state index in [-0.39, 0.29) is 11.0 Å². The lowest BCUT2D eigenvalue weighted by Gasteiger charge is -2.09. The second-order valence-corrected chi connectivity index (χ2v) is 7.71. The summed E-state index contributed by atoms with van der Waals surface area (Å²) in [5.74, 6) is 0.325. The number of carbonyl (C=O) groups excluding carboxylic acids is 1. The average Bonchev–Trinajstić information content (AvgIpc) is 3.10. The van der Waals surface area contributed by atoms with Crippen molar-refractivity contribution in [2.75, 3.05) is 5.32 Å². The summed E-state index contributed by atoms with van der Waals surface area (Å²) in [5.41, 5.74) is 6.96. The molecule has 4 aromatic rings. The van der Waals surface area contributed by atoms with Crippen molar-refractivity contribution >= 4 is 40.0 Å². The number of aromatic nitrogens is 1. The number of hydrogen-bond acceptors (Lipinski definition) is 4. The third-order valence-electron chi connectivity index (χ3n) is 4.77. The number of oxazole rings is 1. The third-order valence-corrected chi connectivity index (χ3v) is 4.97. The number of thiocarbonyl (C=S) groups is 1. The van der Waals surface area contributed by atoms with Crippen LogP contribution in [0.25, 0.3) is 22.6 Å². The summed E-state index contributed by atoms with van der Waals surface area (Å²) in [4.78, 5) is 17.0. The molecule has 0 aliphatic carbocycles. The van der Waals surface area contributed by atoms with Gasteiger partial charge in [-0.3, -0.25) is 10.1 Å². The second-order valence-electron chi connectivity index (χ2n) is 7.30. The van der Waals surface area contributed by atoms with Gasteiger partial charge in [0.05, 0.1) is 0 Å². The van der Waals surface area contributed by atoms with Gasteiger partial charge in [-0.2, -0.15) is 0 Å². The number of hydrogen-bond donors (Lipinski definition) is 2. The molecule has 5 nitrogen and oxygen atoms in total. The Morgan fingerprint density at radius 3 is 2.53 bits per heavy atom. The number of nitrogens with one attached hydrogen (secondary N) is 2. The topological polar surface area (TPSA) is 67.2 Å². The Bertz CT molecular complexity index is 1280. The van der Waals surface area contributed by atoms with Crippen LogP contribution in [-0.4, -0.2) is 16.0 Å². The Labute approximate surface area is 180 Å². The molecule has 0 spiro atoms. The number of nitrogens with zero attached hydrogens (tertiary/aromatic N) is 1. The van der Waals surface area contributed by atoms with Crippen molar-refractivity contribution in [1.82, 2.24) is 10.3 Å². The molecule has 0 atom stereocenters. The first-order valence-corrected chi connectivity index (χ1v) is 9.97. The number of fused-ring (bicyclic) bond motifs is 1. The Morgan fingerprint density at radius 1 is 0.967 bits per heavy atom. The van der Waals surface area contributed by atoms with Crippen molar-refractivity contribution in [2.45, 2.75) is 20.8 Å². The Kier molecular flexibility index (Phi) is 5.33. The van der Waals surface area contributed by atoms with Gasteiger partial charge in [0.25, 0.3) is 5.91 Å². The summed E-state index contributed by atoms with van der Waals surface area (Å²) in [6, 6.07) is 19.0. The van der Waals surface area contributed by atoms with E-state index < -0.39 is 0 Å². The molecule has 6 heteroatoms. The minimum Gasteiger partial charge on any atom is -0.436 e. The van der Waals surface area contributed by atoms with Gasteiger partial charge >= 0.3 is 0 Å². The highest BCUT2D eigenvalue weighted by Crippen LogP contribution is 2.28. The minimum atomic E-state index is -0.254. The number of amides is 1. The summed E-state index contributed by atoms with van der Waals surface area (Å²) in [5, 5.41) is 5.96. The molecule has 0 aliphatic heterocycles. The van der Waals surface area contributed by atoms with E-state index in [4.69, 9.17) is 16.6 Å². The fourth-order valence-electron chi connectivity index (χ4n) is 3.30. The molecule has 30 heavy (non-hydrogen) atoms. The van der Waals surface area contributed by atoms with Crippen LogP contribution in [0, 0.1) is 20.8 Å². The van der Waals surface area contributed by atoms with Gasteiger partial charge in [0.15, 0.2) is 10.7 Å². The molecule has 2 N–H and O–H groups in total. The molecule has 3 aromatic carbocycles. The Hall–Kier alpha value is -3.51. The van der Waals surface area contributed by atoms with Gasteiger partial charge in [-0.25, -0.2) is 4.98 Å². The molecular weight excluding hydrogens is 394 g/mol. The van der Waals surface area contributed by atoms with E-state index in [2.05, 4.69) is 28.6 Å². The van der Waals surface area contributed by atoms with E-state index >= 15 is 0 Å². The zero-order valence-electron chi connectivity index (χ0n) is 16.9. The first kappa shape index (κ1) is 19.8. The highest BCUT2D eigenvalue weighted by Gasteiger charge is 2.12. The number of benzene rings is 3. The number of rotatable bonds is 3. The summed E-state index contributed by atoms with van der Waals surface area (Å²) in [7, 11) is 0. The van der Waals surface area contributed by atoms with Gasteiger partial charge in [-0.1, -0.05) is 35.4 Å². The maximum atomic E-state index is 12.4. The van der Waals surface area contributed by atoms with E-state index in [0.29, 0.717) is 22.6 Å². The van der Waals surface area contributed by atoms with Gasteiger partial charge in [0.1, 0.15) is 5.52 Å². The molecule has 1 amide bonds. The van der Waals surface area contributed by atoms with Gasteiger partial charge in [-0.15, -0.1) is 0 Å². The van der Waals surface area contributed by atoms with Crippen molar-refractivity contribution in [3.63, 3.8) is 0 Å². The van der Waals surface area contributed by atoms with E-state index in [1.54, 1.807) is 6.07 Å². The molecule has 1 heterocycles. The predicted octanol–water partition coefficient (Wildman–Crippen LogP) is 5.55. The van der Waals surface area contributed by atoms with Crippen LogP contribution in [0.2, 0.25) is 0 Å². The lowest BCUT2D eigenvalue weighted by Crippen LogP contribution is -2.34. The smallest absolute Gasteiger partial charge is 0.257 e. The minimum absolute atomic E-state index is 0.221. The Morgan fingerprint density at radius 2 is 1.77 bits per heavy atom. The lowest BCUT2D eigenvalue weighted by atomic mass is 10.1. The molecular formula is C24H21N3O2S. The zero-order chi connectivity index (χ0) is 21.3. The maximum Gasteiger partial charge on any atom is 0.257 e. The molecule has 1 aromatic heterocycles. The lowest BCUT2D eigenvalue weighted by molar-refractivity contribution is 0.0977. The largest absolute Gasteiger partial charge is 0.436 e. The van der Waals surface area contributed by atoms with Crippen LogP contribution >= 0.6 is 12.2 Å². The third kappa shape index (κ3) is 4.23. The molecule has 0 unspecified atom stereocenters. The van der Waals surface area contributed by atoms with E-state index in [1.165, 1.54) is 5.56 Å². The van der Waals surface area contributed by atoms with Crippen molar-refractivity contribution in [3.05, 3.63) is 82.9 Å². The first-order valence-electron chi connectivity index (χ1n) is 9.56. The molecule has 4 rings (SSSR count). The van der Waals surface area contributed by atoms with E-state index in [9.17, 15) is 4.79 Å². The van der Waals surface area contributed by atoms with Gasteiger partial charge in [0, 0.05) is 16.8 Å². The average molecular weight is 416 g/mol. The van der Waals surface area contributed by atoms with Crippen molar-refractivity contribution in [3.8, 4) is 11.5 Å². The number of anilines is 1. The van der Waals surface area contributed by atoms with Gasteiger partial charge in [0.2, 0.25) is 5.89 Å². The standard InChI is InChI=1S/C24H21N3O2S/c1-14-5-4-6-17(12-14)22(28)27-24(30)25-18-8-10-21-20(13-18)26-23(29-21)19-9-7-15(2)11-16(19)3/h4-13H,1-3H3,(H2,25,27,28,30). The van der Waals surface area contributed by atoms with E-state index in [0.717, 1.165) is 22.4 Å². The van der Waals surface area contributed by atoms with Crippen LogP contribution in [0.15, 0.2) is 65.1 Å². The zero-order valence-corrected chi connectivity index (χ0v) is 17.8. The van der Waals surface area contributed by atoms with Crippen molar-refractivity contribution in [2.24, 2.45) is 0 Å². The molecule has 0 aliphatic rings. The quantitative estimate of drug-likeness (QED) is 0.430. The first-order chi connectivity index (χ1) is 14.4. The van der Waals surface area contributed by atoms with Crippen LogP contribution in [0.5, 0.6) is 0 Å². The monoisotopic (exact) mass is 415 g/mol. The molecule has 0 radical (unpaired) electrons. The second kappa shape index (κ2) is 8.08. The van der Waals surface area contributed by atoms with Crippen LogP contribution in [0.1, 0.15) is 27.0 Å². The summed E-state index contributed by atoms with van der Waals surface area (Å²) < 4.78 is 5.93. The number of aryl methyl sites for hydroxylation is 3. The molecule has 0 saturated carbocycles. The van der Waals surface area contributed by atoms with Gasteiger partial charge in [-0.05, 0) is 75.0 Å². The van der Waals surface area contributed by atoms with Crippen LogP contribution in [0.4, 0.5) is 5.69 Å². The highest BCUT2D eigenvalue weighted by molar-refractivity contribution is 7.80. The van der Waals surface area contributed by atoms with Gasteiger partial charge < -0.3 is 9.73 Å². The fraction of sp³-hybridized carbons (Fsp3) is 0.125. The van der Waals surface area contributed by atoms with Crippen LogP contribution < -0.4 is 10.6 Å². The predicted molar refractivity (Wildman–Crippen MR) is 124 cm³/mol. The molecule has 0 saturated heterocycles. The number of carbonyl (C=O) groups is 1. The van der Waals surface area contributed by atoms with Crippen LogP contribution in [0.3, 0.4) is 0 Å². The maximum absolute atomic E-state index is 12.4. The molecule has 0 fully saturated rings. The molecule has 150 valence electrons. The summed E-state index contributed by atoms with van der Waals surface area (Å²) in [6.07, 6.45) is 0. The molecule has 0 bridgehead atoms. The SMILES string of the molecule is Cc1cccc(C(=O)NC(=S)Nc2ccc3oc(-c4ccc(C)cc4C)nc3c2)c1. The summed E-state index contributed by atoms with van der Waals surface area (Å²) in [6.45, 7) is 6.04. The van der Waals surface area contributed by atoms with E-state index in [1.807, 2.05) is 62.4 Å². The van der Waals surface area contributed by atoms with Crippen molar-refractivity contribution < 1.29 is 9.21 Å². The van der Waals surface area contributed by atoms with Crippen LogP contribution in [-0.2, 0) is 0 Å². The highest BCUT2D eigenvalue weighted by atomic mass is 32.1. The fourth-order valence-corrected chi connectivity index (χ4v) is 3.51.